The lowest BCUT2D eigenvalue weighted by atomic mass is 10.2. The highest BCUT2D eigenvalue weighted by Gasteiger charge is 2.23. The molecule has 23 heavy (non-hydrogen) atoms. The lowest BCUT2D eigenvalue weighted by Crippen LogP contribution is -2.36. The van der Waals surface area contributed by atoms with Crippen LogP contribution in [0.4, 0.5) is 5.82 Å². The minimum atomic E-state index is -0.587. The van der Waals surface area contributed by atoms with Gasteiger partial charge in [-0.15, -0.1) is 0 Å². The number of β-amino-alcohol motifs (C(OH)–C–C–N with tert-alkyl or cyclic N) is 1. The minimum Gasteiger partial charge on any atom is -0.494 e. The van der Waals surface area contributed by atoms with Crippen LogP contribution in [0.25, 0.3) is 10.9 Å². The molecule has 1 amide bonds. The highest BCUT2D eigenvalue weighted by molar-refractivity contribution is 5.86. The van der Waals surface area contributed by atoms with Crippen LogP contribution >= 0.6 is 0 Å². The van der Waals surface area contributed by atoms with E-state index in [0.717, 1.165) is 22.5 Å². The molecule has 1 aliphatic rings. The van der Waals surface area contributed by atoms with E-state index in [1.54, 1.807) is 12.0 Å². The van der Waals surface area contributed by atoms with Gasteiger partial charge >= 0.3 is 0 Å². The van der Waals surface area contributed by atoms with E-state index >= 15 is 0 Å². The van der Waals surface area contributed by atoms with Crippen molar-refractivity contribution in [1.82, 2.24) is 9.88 Å². The predicted octanol–water partition coefficient (Wildman–Crippen LogP) is 1.27. The van der Waals surface area contributed by atoms with E-state index in [0.29, 0.717) is 26.2 Å². The van der Waals surface area contributed by atoms with E-state index in [1.165, 1.54) is 6.92 Å². The molecule has 1 aromatic heterocycles. The minimum absolute atomic E-state index is 0.0148. The molecule has 1 N–H and O–H groups in total. The fraction of sp³-hybridized carbons (Fsp3) is 0.412. The number of benzene rings is 1. The number of aliphatic hydroxyl groups is 1. The van der Waals surface area contributed by atoms with Gasteiger partial charge in [0, 0.05) is 38.5 Å². The number of rotatable bonds is 2. The summed E-state index contributed by atoms with van der Waals surface area (Å²) in [5, 5.41) is 11.2. The molecule has 1 aliphatic heterocycles. The van der Waals surface area contributed by atoms with Crippen LogP contribution in [-0.2, 0) is 4.79 Å². The van der Waals surface area contributed by atoms with Gasteiger partial charge in [0.15, 0.2) is 0 Å². The van der Waals surface area contributed by atoms with Crippen LogP contribution < -0.4 is 9.64 Å². The van der Waals surface area contributed by atoms with Crippen molar-refractivity contribution in [1.29, 1.82) is 0 Å². The molecule has 0 aliphatic carbocycles. The third kappa shape index (κ3) is 3.22. The summed E-state index contributed by atoms with van der Waals surface area (Å²) in [7, 11) is 1.63. The molecule has 1 fully saturated rings. The number of fused-ring (bicyclic) bond motifs is 1. The zero-order valence-corrected chi connectivity index (χ0v) is 13.4. The standard InChI is InChI=1S/C17H21N3O3/c1-12(21)19-8-9-20(11-14(22)10-19)16-7-6-13-4-3-5-15(23-2)17(13)18-16/h3-7,14,22H,8-11H2,1-2H3. The third-order valence-corrected chi connectivity index (χ3v) is 4.16. The van der Waals surface area contributed by atoms with Crippen LogP contribution in [0.5, 0.6) is 5.75 Å². The predicted molar refractivity (Wildman–Crippen MR) is 88.8 cm³/mol. The molecule has 2 aromatic rings. The second kappa shape index (κ2) is 6.42. The number of aromatic nitrogens is 1. The van der Waals surface area contributed by atoms with E-state index < -0.39 is 6.10 Å². The van der Waals surface area contributed by atoms with Gasteiger partial charge in [-0.05, 0) is 18.2 Å². The topological polar surface area (TPSA) is 65.9 Å². The first kappa shape index (κ1) is 15.6. The van der Waals surface area contributed by atoms with Crippen molar-refractivity contribution in [2.24, 2.45) is 0 Å². The summed E-state index contributed by atoms with van der Waals surface area (Å²) >= 11 is 0. The maximum absolute atomic E-state index is 11.6. The van der Waals surface area contributed by atoms with Crippen molar-refractivity contribution >= 4 is 22.6 Å². The van der Waals surface area contributed by atoms with Gasteiger partial charge in [-0.25, -0.2) is 4.98 Å². The van der Waals surface area contributed by atoms with E-state index in [-0.39, 0.29) is 5.91 Å². The number of ether oxygens (including phenoxy) is 1. The highest BCUT2D eigenvalue weighted by atomic mass is 16.5. The number of hydrogen-bond acceptors (Lipinski definition) is 5. The van der Waals surface area contributed by atoms with Crippen LogP contribution in [0, 0.1) is 0 Å². The quantitative estimate of drug-likeness (QED) is 0.904. The fourth-order valence-electron chi connectivity index (χ4n) is 2.94. The second-order valence-corrected chi connectivity index (χ2v) is 5.77. The zero-order chi connectivity index (χ0) is 16.4. The number of aliphatic hydroxyl groups excluding tert-OH is 1. The number of hydrogen-bond donors (Lipinski definition) is 1. The molecular weight excluding hydrogens is 294 g/mol. The van der Waals surface area contributed by atoms with Gasteiger partial charge < -0.3 is 19.6 Å². The molecule has 3 rings (SSSR count). The maximum Gasteiger partial charge on any atom is 0.219 e. The molecule has 2 heterocycles. The molecule has 0 bridgehead atoms. The molecule has 6 heteroatoms. The summed E-state index contributed by atoms with van der Waals surface area (Å²) in [5.41, 5.74) is 0.801. The number of para-hydroxylation sites is 1. The molecule has 0 spiro atoms. The Hall–Kier alpha value is -2.34. The Morgan fingerprint density at radius 2 is 2.09 bits per heavy atom. The van der Waals surface area contributed by atoms with Gasteiger partial charge in [-0.3, -0.25) is 4.79 Å². The summed E-state index contributed by atoms with van der Waals surface area (Å²) in [5.74, 6) is 1.50. The normalized spacial score (nSPS) is 18.8. The molecule has 1 saturated heterocycles. The maximum atomic E-state index is 11.6. The lowest BCUT2D eigenvalue weighted by molar-refractivity contribution is -0.129. The van der Waals surface area contributed by atoms with Gasteiger partial charge in [-0.2, -0.15) is 0 Å². The molecule has 0 radical (unpaired) electrons. The van der Waals surface area contributed by atoms with Gasteiger partial charge in [-0.1, -0.05) is 12.1 Å². The van der Waals surface area contributed by atoms with Crippen LogP contribution in [0.1, 0.15) is 6.92 Å². The lowest BCUT2D eigenvalue weighted by Gasteiger charge is -2.23. The number of anilines is 1. The highest BCUT2D eigenvalue weighted by Crippen LogP contribution is 2.26. The van der Waals surface area contributed by atoms with Crippen LogP contribution in [0.15, 0.2) is 30.3 Å². The summed E-state index contributed by atoms with van der Waals surface area (Å²) < 4.78 is 5.38. The SMILES string of the molecule is COc1cccc2ccc(N3CCN(C(C)=O)CC(O)C3)nc12. The van der Waals surface area contributed by atoms with Crippen molar-refractivity contribution in [2.45, 2.75) is 13.0 Å². The van der Waals surface area contributed by atoms with Gasteiger partial charge in [0.2, 0.25) is 5.91 Å². The molecular formula is C17H21N3O3. The van der Waals surface area contributed by atoms with Crippen molar-refractivity contribution in [3.8, 4) is 5.75 Å². The summed E-state index contributed by atoms with van der Waals surface area (Å²) in [6, 6.07) is 9.75. The number of pyridine rings is 1. The number of carbonyl (C=O) groups excluding carboxylic acids is 1. The number of nitrogens with zero attached hydrogens (tertiary/aromatic N) is 3. The third-order valence-electron chi connectivity index (χ3n) is 4.16. The van der Waals surface area contributed by atoms with Crippen molar-refractivity contribution in [2.75, 3.05) is 38.2 Å². The van der Waals surface area contributed by atoms with E-state index in [1.807, 2.05) is 35.2 Å². The first-order chi connectivity index (χ1) is 11.1. The monoisotopic (exact) mass is 315 g/mol. The van der Waals surface area contributed by atoms with Gasteiger partial charge in [0.1, 0.15) is 17.1 Å². The van der Waals surface area contributed by atoms with E-state index in [9.17, 15) is 9.90 Å². The first-order valence-corrected chi connectivity index (χ1v) is 7.71. The van der Waals surface area contributed by atoms with Crippen LogP contribution in [-0.4, -0.2) is 60.3 Å². The molecule has 6 nitrogen and oxygen atoms in total. The number of carbonyl (C=O) groups is 1. The summed E-state index contributed by atoms with van der Waals surface area (Å²) in [6.45, 7) is 3.57. The van der Waals surface area contributed by atoms with Crippen molar-refractivity contribution in [3.05, 3.63) is 30.3 Å². The largest absolute Gasteiger partial charge is 0.494 e. The molecule has 1 unspecified atom stereocenters. The van der Waals surface area contributed by atoms with Gasteiger partial charge in [0.25, 0.3) is 0 Å². The van der Waals surface area contributed by atoms with Crippen LogP contribution in [0.3, 0.4) is 0 Å². The summed E-state index contributed by atoms with van der Waals surface area (Å²) in [6.07, 6.45) is -0.587. The smallest absolute Gasteiger partial charge is 0.219 e. The average molecular weight is 315 g/mol. The Bertz CT molecular complexity index is 719. The Balaban J connectivity index is 1.91. The van der Waals surface area contributed by atoms with Crippen molar-refractivity contribution < 1.29 is 14.6 Å². The Morgan fingerprint density at radius 3 is 2.83 bits per heavy atom. The molecule has 1 atom stereocenters. The average Bonchev–Trinajstić information content (AvgIpc) is 2.75. The Labute approximate surface area is 135 Å². The number of methoxy groups -OCH3 is 1. The number of amides is 1. The first-order valence-electron chi connectivity index (χ1n) is 7.71. The molecule has 122 valence electrons. The molecule has 1 aromatic carbocycles. The Morgan fingerprint density at radius 1 is 1.26 bits per heavy atom. The van der Waals surface area contributed by atoms with Crippen LogP contribution in [0.2, 0.25) is 0 Å². The van der Waals surface area contributed by atoms with Crippen molar-refractivity contribution in [3.63, 3.8) is 0 Å². The summed E-state index contributed by atoms with van der Waals surface area (Å²) in [4.78, 5) is 20.0. The van der Waals surface area contributed by atoms with Gasteiger partial charge in [0.05, 0.1) is 13.2 Å². The second-order valence-electron chi connectivity index (χ2n) is 5.77. The fourth-order valence-corrected chi connectivity index (χ4v) is 2.94. The Kier molecular flexibility index (Phi) is 4.34. The van der Waals surface area contributed by atoms with E-state index in [4.69, 9.17) is 9.72 Å². The molecule has 0 saturated carbocycles. The zero-order valence-electron chi connectivity index (χ0n) is 13.4. The van der Waals surface area contributed by atoms with E-state index in [2.05, 4.69) is 0 Å².